The molecule has 2 aliphatic heterocycles. The minimum absolute atomic E-state index is 0.124. The first-order valence-electron chi connectivity index (χ1n) is 10.7. The van der Waals surface area contributed by atoms with Gasteiger partial charge in [-0.2, -0.15) is 0 Å². The van der Waals surface area contributed by atoms with Crippen molar-refractivity contribution in [1.82, 2.24) is 15.1 Å². The minimum Gasteiger partial charge on any atom is -0.352 e. The maximum Gasteiger partial charge on any atom is 0.322 e. The molecule has 0 bridgehead atoms. The number of anilines is 3. The van der Waals surface area contributed by atoms with Gasteiger partial charge >= 0.3 is 6.03 Å². The van der Waals surface area contributed by atoms with Gasteiger partial charge in [-0.15, -0.1) is 10.2 Å². The molecule has 4 rings (SSSR count). The fourth-order valence-corrected chi connectivity index (χ4v) is 4.42. The molecule has 2 fully saturated rings. The van der Waals surface area contributed by atoms with E-state index < -0.39 is 0 Å². The van der Waals surface area contributed by atoms with Gasteiger partial charge in [-0.3, -0.25) is 0 Å². The van der Waals surface area contributed by atoms with Crippen molar-refractivity contribution < 1.29 is 4.79 Å². The van der Waals surface area contributed by atoms with Crippen molar-refractivity contribution >= 4 is 35.0 Å². The monoisotopic (exact) mass is 428 g/mol. The second kappa shape index (κ2) is 9.08. The average molecular weight is 429 g/mol. The molecule has 7 nitrogen and oxygen atoms in total. The molecule has 0 aliphatic carbocycles. The highest BCUT2D eigenvalue weighted by atomic mass is 35.5. The van der Waals surface area contributed by atoms with Crippen LogP contribution in [0, 0.1) is 6.92 Å². The molecule has 2 aromatic rings. The Labute approximate surface area is 183 Å². The standard InChI is InChI=1S/C22H29ClN6O/c1-16-6-7-19(18(23)15-16)24-22(30)28-13-11-27(12-14-28)20-8-9-21(26-25-20)29-10-4-3-5-17(29)2/h6-9,15,17H,3-5,10-14H2,1-2H3,(H,24,30). The number of benzene rings is 1. The number of aromatic nitrogens is 2. The van der Waals surface area contributed by atoms with E-state index in [-0.39, 0.29) is 6.03 Å². The van der Waals surface area contributed by atoms with Crippen molar-refractivity contribution in [2.24, 2.45) is 0 Å². The number of piperidine rings is 1. The molecule has 1 unspecified atom stereocenters. The third kappa shape index (κ3) is 4.61. The SMILES string of the molecule is Cc1ccc(NC(=O)N2CCN(c3ccc(N4CCCCC4C)nn3)CC2)c(Cl)c1. The Balaban J connectivity index is 1.32. The number of nitrogens with zero attached hydrogens (tertiary/aromatic N) is 5. The van der Waals surface area contributed by atoms with Crippen molar-refractivity contribution in [3.63, 3.8) is 0 Å². The lowest BCUT2D eigenvalue weighted by atomic mass is 10.0. The summed E-state index contributed by atoms with van der Waals surface area (Å²) in [4.78, 5) is 18.9. The lowest BCUT2D eigenvalue weighted by Gasteiger charge is -2.36. The van der Waals surface area contributed by atoms with Gasteiger partial charge in [-0.05, 0) is 62.9 Å². The molecule has 2 amide bonds. The fourth-order valence-electron chi connectivity index (χ4n) is 4.13. The second-order valence-electron chi connectivity index (χ2n) is 8.18. The van der Waals surface area contributed by atoms with Crippen LogP contribution in [0.1, 0.15) is 31.7 Å². The molecule has 2 saturated heterocycles. The molecule has 1 aromatic heterocycles. The van der Waals surface area contributed by atoms with E-state index in [1.54, 1.807) is 0 Å². The Morgan fingerprint density at radius 1 is 1.03 bits per heavy atom. The molecule has 0 spiro atoms. The molecule has 30 heavy (non-hydrogen) atoms. The lowest BCUT2D eigenvalue weighted by Crippen LogP contribution is -2.50. The van der Waals surface area contributed by atoms with E-state index in [0.29, 0.717) is 29.8 Å². The summed E-state index contributed by atoms with van der Waals surface area (Å²) in [6, 6.07) is 10.1. The van der Waals surface area contributed by atoms with Crippen LogP contribution in [-0.4, -0.2) is 59.9 Å². The van der Waals surface area contributed by atoms with Crippen LogP contribution in [-0.2, 0) is 0 Å². The largest absolute Gasteiger partial charge is 0.352 e. The molecule has 3 heterocycles. The Kier molecular flexibility index (Phi) is 6.27. The number of amides is 2. The third-order valence-electron chi connectivity index (χ3n) is 5.99. The van der Waals surface area contributed by atoms with Gasteiger partial charge in [-0.1, -0.05) is 17.7 Å². The van der Waals surface area contributed by atoms with Crippen molar-refractivity contribution in [2.75, 3.05) is 47.8 Å². The predicted molar refractivity (Wildman–Crippen MR) is 122 cm³/mol. The van der Waals surface area contributed by atoms with Crippen molar-refractivity contribution in [1.29, 1.82) is 0 Å². The first-order valence-corrected chi connectivity index (χ1v) is 11.1. The topological polar surface area (TPSA) is 64.6 Å². The highest BCUT2D eigenvalue weighted by molar-refractivity contribution is 6.33. The van der Waals surface area contributed by atoms with Gasteiger partial charge < -0.3 is 20.0 Å². The summed E-state index contributed by atoms with van der Waals surface area (Å²) in [6.45, 7) is 7.98. The van der Waals surface area contributed by atoms with Gasteiger partial charge in [0.15, 0.2) is 11.6 Å². The number of piperazine rings is 1. The number of nitrogens with one attached hydrogen (secondary N) is 1. The number of aryl methyl sites for hydroxylation is 1. The van der Waals surface area contributed by atoms with Crippen LogP contribution in [0.25, 0.3) is 0 Å². The van der Waals surface area contributed by atoms with Gasteiger partial charge in [0.2, 0.25) is 0 Å². The number of carbonyl (C=O) groups is 1. The van der Waals surface area contributed by atoms with Gasteiger partial charge in [0, 0.05) is 38.8 Å². The van der Waals surface area contributed by atoms with Crippen LogP contribution >= 0.6 is 11.6 Å². The number of carbonyl (C=O) groups excluding carboxylic acids is 1. The Bertz CT molecular complexity index is 882. The van der Waals surface area contributed by atoms with Crippen molar-refractivity contribution in [3.8, 4) is 0 Å². The molecule has 0 radical (unpaired) electrons. The average Bonchev–Trinajstić information content (AvgIpc) is 2.76. The second-order valence-corrected chi connectivity index (χ2v) is 8.58. The Morgan fingerprint density at radius 3 is 2.43 bits per heavy atom. The fraction of sp³-hybridized carbons (Fsp3) is 0.500. The first kappa shape index (κ1) is 20.7. The van der Waals surface area contributed by atoms with Gasteiger partial charge in [0.1, 0.15) is 0 Å². The van der Waals surface area contributed by atoms with Crippen LogP contribution in [0.3, 0.4) is 0 Å². The Hall–Kier alpha value is -2.54. The Morgan fingerprint density at radius 2 is 1.77 bits per heavy atom. The number of hydrogen-bond donors (Lipinski definition) is 1. The maximum absolute atomic E-state index is 12.6. The van der Waals surface area contributed by atoms with E-state index in [4.69, 9.17) is 11.6 Å². The van der Waals surface area contributed by atoms with Gasteiger partial charge in [0.25, 0.3) is 0 Å². The summed E-state index contributed by atoms with van der Waals surface area (Å²) in [5, 5.41) is 12.4. The summed E-state index contributed by atoms with van der Waals surface area (Å²) in [7, 11) is 0. The van der Waals surface area contributed by atoms with Crippen LogP contribution in [0.15, 0.2) is 30.3 Å². The summed E-state index contributed by atoms with van der Waals surface area (Å²) in [5.41, 5.74) is 1.71. The molecule has 1 N–H and O–H groups in total. The maximum atomic E-state index is 12.6. The normalized spacial score (nSPS) is 19.7. The molecule has 2 aliphatic rings. The summed E-state index contributed by atoms with van der Waals surface area (Å²) >= 11 is 6.23. The number of rotatable bonds is 3. The molecule has 1 aromatic carbocycles. The van der Waals surface area contributed by atoms with E-state index in [1.807, 2.05) is 36.1 Å². The summed E-state index contributed by atoms with van der Waals surface area (Å²) in [5.74, 6) is 1.82. The number of hydrogen-bond acceptors (Lipinski definition) is 5. The first-order chi connectivity index (χ1) is 14.5. The zero-order valence-corrected chi connectivity index (χ0v) is 18.4. The van der Waals surface area contributed by atoms with E-state index in [1.165, 1.54) is 19.3 Å². The van der Waals surface area contributed by atoms with Crippen LogP contribution in [0.4, 0.5) is 22.1 Å². The van der Waals surface area contributed by atoms with E-state index in [9.17, 15) is 4.79 Å². The van der Waals surface area contributed by atoms with Crippen LogP contribution in [0.2, 0.25) is 5.02 Å². The lowest BCUT2D eigenvalue weighted by molar-refractivity contribution is 0.208. The summed E-state index contributed by atoms with van der Waals surface area (Å²) in [6.07, 6.45) is 3.71. The molecular weight excluding hydrogens is 400 g/mol. The summed E-state index contributed by atoms with van der Waals surface area (Å²) < 4.78 is 0. The van der Waals surface area contributed by atoms with Crippen LogP contribution in [0.5, 0.6) is 0 Å². The smallest absolute Gasteiger partial charge is 0.322 e. The van der Waals surface area contributed by atoms with Crippen LogP contribution < -0.4 is 15.1 Å². The third-order valence-corrected chi connectivity index (χ3v) is 6.30. The van der Waals surface area contributed by atoms with Crippen molar-refractivity contribution in [3.05, 3.63) is 40.9 Å². The predicted octanol–water partition coefficient (Wildman–Crippen LogP) is 4.17. The zero-order valence-electron chi connectivity index (χ0n) is 17.6. The van der Waals surface area contributed by atoms with Gasteiger partial charge in [-0.25, -0.2) is 4.79 Å². The highest BCUT2D eigenvalue weighted by Gasteiger charge is 2.24. The van der Waals surface area contributed by atoms with Crippen molar-refractivity contribution in [2.45, 2.75) is 39.2 Å². The van der Waals surface area contributed by atoms with E-state index in [2.05, 4.69) is 38.3 Å². The molecular formula is C22H29ClN6O. The molecule has 0 saturated carbocycles. The number of halogens is 1. The van der Waals surface area contributed by atoms with E-state index >= 15 is 0 Å². The quantitative estimate of drug-likeness (QED) is 0.794. The number of urea groups is 1. The minimum atomic E-state index is -0.124. The molecule has 160 valence electrons. The zero-order chi connectivity index (χ0) is 21.1. The molecule has 1 atom stereocenters. The highest BCUT2D eigenvalue weighted by Crippen LogP contribution is 2.25. The van der Waals surface area contributed by atoms with Gasteiger partial charge in [0.05, 0.1) is 10.7 Å². The molecule has 8 heteroatoms. The van der Waals surface area contributed by atoms with E-state index in [0.717, 1.165) is 36.8 Å².